The standard InChI is InChI=1S/GeH4.Sb.HSeTe.2H/c;;1-2;;/h1H4;;1H;;. The van der Waals surface area contributed by atoms with Gasteiger partial charge in [0.2, 0.25) is 0 Å². The van der Waals surface area contributed by atoms with E-state index in [0.29, 0.717) is 0 Å². The molecular formula is H7GeSbSeTe. The minimum atomic E-state index is 0. The molecule has 0 aliphatic carbocycles. The van der Waals surface area contributed by atoms with Crippen molar-refractivity contribution in [3.8, 4) is 0 Å². The topological polar surface area (TPSA) is 0 Å². The molecule has 0 amide bonds. The molecule has 4 heavy (non-hydrogen) atoms. The molecule has 0 fully saturated rings. The molecule has 0 N–H and O–H groups in total. The summed E-state index contributed by atoms with van der Waals surface area (Å²) in [5.41, 5.74) is 0. The summed E-state index contributed by atoms with van der Waals surface area (Å²) in [6.45, 7) is 0. The molecule has 2 radical (unpaired) electrons. The monoisotopic (exact) mass is 412 g/mol. The third-order valence-corrected chi connectivity index (χ3v) is 0. The van der Waals surface area contributed by atoms with Crippen molar-refractivity contribution in [2.24, 2.45) is 0 Å². The summed E-state index contributed by atoms with van der Waals surface area (Å²) < 4.78 is 0. The molecule has 0 aromatic rings. The number of hydrogen-bond donors (Lipinski definition) is 0. The maximum absolute atomic E-state index is 2.32. The van der Waals surface area contributed by atoms with Crippen LogP contribution in [0.5, 0.6) is 0 Å². The average molecular weight is 408 g/mol. The second-order valence-corrected chi connectivity index (χ2v) is 0. The van der Waals surface area contributed by atoms with Gasteiger partial charge in [-0.25, -0.2) is 0 Å². The Hall–Kier alpha value is 2.67. The van der Waals surface area contributed by atoms with Crippen LogP contribution in [0, 0.1) is 0 Å². The SMILES string of the molecule is [GeH4].[SbH2].[SeH][Te]. The van der Waals surface area contributed by atoms with Gasteiger partial charge in [-0.1, -0.05) is 0 Å². The number of hydrogen-bond acceptors (Lipinski definition) is 0. The molecule has 0 atom stereocenters. The quantitative estimate of drug-likeness (QED) is 0.367. The molecule has 0 heterocycles. The fourth-order valence-electron chi connectivity index (χ4n) is 0. The van der Waals surface area contributed by atoms with Crippen LogP contribution in [0.4, 0.5) is 0 Å². The van der Waals surface area contributed by atoms with E-state index in [-0.39, 0.29) is 42.0 Å². The molecule has 0 aromatic carbocycles. The fraction of sp³-hybridized carbons (Fsp3) is 0. The summed E-state index contributed by atoms with van der Waals surface area (Å²) in [5, 5.41) is 0. The maximum atomic E-state index is 2.32. The molecular weight excluding hydrogens is 401 g/mol. The first-order valence-electron chi connectivity index (χ1n) is 0.183. The van der Waals surface area contributed by atoms with Gasteiger partial charge in [0.15, 0.2) is 0 Å². The third kappa shape index (κ3) is 8.82. The number of rotatable bonds is 0. The molecule has 0 aliphatic heterocycles. The molecule has 28 valence electrons. The molecule has 0 unspecified atom stereocenters. The molecule has 0 nitrogen and oxygen atoms in total. The fourth-order valence-corrected chi connectivity index (χ4v) is 0. The Labute approximate surface area is 73.6 Å². The summed E-state index contributed by atoms with van der Waals surface area (Å²) in [4.78, 5) is 0. The first-order chi connectivity index (χ1) is 1.00. The predicted molar refractivity (Wildman–Crippen MR) is 32.8 cm³/mol. The van der Waals surface area contributed by atoms with Crippen LogP contribution in [0.3, 0.4) is 0 Å². The Balaban J connectivity index is -0.00000000500. The van der Waals surface area contributed by atoms with Gasteiger partial charge in [0, 0.05) is 0 Å². The van der Waals surface area contributed by atoms with Crippen LogP contribution in [-0.2, 0) is 0 Å². The second-order valence-electron chi connectivity index (χ2n) is 0. The van der Waals surface area contributed by atoms with Crippen molar-refractivity contribution in [1.29, 1.82) is 0 Å². The average Bonchev–Trinajstić information content (AvgIpc) is 1.00. The van der Waals surface area contributed by atoms with E-state index < -0.39 is 0 Å². The molecule has 0 saturated carbocycles. The van der Waals surface area contributed by atoms with Crippen LogP contribution in [0.15, 0.2) is 0 Å². The van der Waals surface area contributed by atoms with Gasteiger partial charge < -0.3 is 0 Å². The molecule has 0 rings (SSSR count). The Morgan fingerprint density at radius 3 is 1.25 bits per heavy atom. The van der Waals surface area contributed by atoms with Crippen LogP contribution < -0.4 is 0 Å². The normalized spacial score (nSPS) is 1.50. The van der Waals surface area contributed by atoms with E-state index in [4.69, 9.17) is 0 Å². The molecule has 0 spiro atoms. The van der Waals surface area contributed by atoms with E-state index in [1.807, 2.05) is 20.1 Å². The van der Waals surface area contributed by atoms with Crippen molar-refractivity contribution in [2.45, 2.75) is 0 Å². The van der Waals surface area contributed by atoms with E-state index in [1.54, 1.807) is 0 Å². The van der Waals surface area contributed by atoms with Gasteiger partial charge in [-0.3, -0.25) is 0 Å². The van der Waals surface area contributed by atoms with Crippen molar-refractivity contribution in [2.75, 3.05) is 0 Å². The zero-order chi connectivity index (χ0) is 2.00. The molecule has 0 bridgehead atoms. The van der Waals surface area contributed by atoms with Gasteiger partial charge in [0.25, 0.3) is 0 Å². The minimum absolute atomic E-state index is 0. The zero-order valence-electron chi connectivity index (χ0n) is 1.43. The second kappa shape index (κ2) is 17.3. The molecule has 0 aliphatic rings. The van der Waals surface area contributed by atoms with Crippen LogP contribution in [-0.4, -0.2) is 74.9 Å². The van der Waals surface area contributed by atoms with Gasteiger partial charge in [-0.15, -0.1) is 0 Å². The molecule has 0 aromatic heterocycles. The van der Waals surface area contributed by atoms with Crippen molar-refractivity contribution in [3.63, 3.8) is 0 Å². The summed E-state index contributed by atoms with van der Waals surface area (Å²) in [7, 11) is 0. The predicted octanol–water partition coefficient (Wildman–Crippen LogP) is -3.40. The Bertz CT molecular complexity index is 8.00. The third-order valence-electron chi connectivity index (χ3n) is 0. The summed E-state index contributed by atoms with van der Waals surface area (Å²) in [6, 6.07) is 0. The molecule has 4 heteroatoms. The van der Waals surface area contributed by atoms with E-state index >= 15 is 0 Å². The van der Waals surface area contributed by atoms with E-state index in [2.05, 4.69) is 12.8 Å². The first kappa shape index (κ1) is 15.9. The van der Waals surface area contributed by atoms with Gasteiger partial charge in [0.05, 0.1) is 0 Å². The summed E-state index contributed by atoms with van der Waals surface area (Å²) in [6.07, 6.45) is 0. The summed E-state index contributed by atoms with van der Waals surface area (Å²) >= 11 is 4.21. The Morgan fingerprint density at radius 2 is 1.25 bits per heavy atom. The van der Waals surface area contributed by atoms with Crippen molar-refractivity contribution in [1.82, 2.24) is 0 Å². The van der Waals surface area contributed by atoms with E-state index in [9.17, 15) is 0 Å². The van der Waals surface area contributed by atoms with Crippen LogP contribution in [0.2, 0.25) is 0 Å². The zero-order valence-corrected chi connectivity index (χ0v) is 8.94. The van der Waals surface area contributed by atoms with Gasteiger partial charge in [-0.2, -0.15) is 0 Å². The van der Waals surface area contributed by atoms with Crippen LogP contribution in [0.25, 0.3) is 0 Å². The van der Waals surface area contributed by atoms with Gasteiger partial charge in [-0.05, 0) is 0 Å². The Morgan fingerprint density at radius 1 is 1.25 bits per heavy atom. The van der Waals surface area contributed by atoms with Crippen molar-refractivity contribution in [3.05, 3.63) is 0 Å². The molecule has 0 saturated heterocycles. The first-order valence-corrected chi connectivity index (χ1v) is 6.36. The van der Waals surface area contributed by atoms with Crippen LogP contribution >= 0.6 is 0 Å². The van der Waals surface area contributed by atoms with Gasteiger partial charge in [0.1, 0.15) is 0 Å². The van der Waals surface area contributed by atoms with Gasteiger partial charge >= 0.3 is 74.9 Å². The van der Waals surface area contributed by atoms with E-state index in [0.717, 1.165) is 0 Å². The van der Waals surface area contributed by atoms with Crippen molar-refractivity contribution < 1.29 is 0 Å². The Kier molecular flexibility index (Phi) is 69.0. The summed E-state index contributed by atoms with van der Waals surface area (Å²) in [5.74, 6) is 0. The van der Waals surface area contributed by atoms with Crippen LogP contribution in [0.1, 0.15) is 0 Å². The van der Waals surface area contributed by atoms with Crippen molar-refractivity contribution >= 4 is 74.9 Å². The van der Waals surface area contributed by atoms with E-state index in [1.165, 1.54) is 0 Å².